The normalized spacial score (nSPS) is 15.6. The molecule has 3 aromatic heterocycles. The maximum atomic E-state index is 11.4. The number of fused-ring (bicyclic) bond motifs is 2. The van der Waals surface area contributed by atoms with Crippen LogP contribution in [0.1, 0.15) is 41.2 Å². The summed E-state index contributed by atoms with van der Waals surface area (Å²) in [5, 5.41) is 26.7. The SMILES string of the molecule is Cc1c(Nc2nccc3cc(CNC[C@@H](C)O)cnc23)cccc1-c1cccc(-c2nc3cc(CN4CC[C@@H](C(=O)O)C4)cc(C)c3o2)c1C. The van der Waals surface area contributed by atoms with Crippen LogP contribution in [0.2, 0.25) is 0 Å². The molecule has 50 heavy (non-hydrogen) atoms. The van der Waals surface area contributed by atoms with E-state index in [1.54, 1.807) is 13.1 Å². The van der Waals surface area contributed by atoms with Crippen molar-refractivity contribution in [1.29, 1.82) is 0 Å². The zero-order valence-corrected chi connectivity index (χ0v) is 28.8. The molecule has 7 rings (SSSR count). The molecule has 256 valence electrons. The highest BCUT2D eigenvalue weighted by Crippen LogP contribution is 2.38. The number of benzene rings is 3. The number of hydrogen-bond donors (Lipinski definition) is 4. The number of carbonyl (C=O) groups is 1. The van der Waals surface area contributed by atoms with Crippen LogP contribution in [0.25, 0.3) is 44.6 Å². The van der Waals surface area contributed by atoms with Crippen molar-refractivity contribution in [2.24, 2.45) is 5.92 Å². The van der Waals surface area contributed by atoms with Crippen LogP contribution in [-0.2, 0) is 17.9 Å². The molecule has 10 nitrogen and oxygen atoms in total. The van der Waals surface area contributed by atoms with E-state index in [2.05, 4.69) is 70.8 Å². The molecular formula is C40H42N6O4. The molecular weight excluding hydrogens is 628 g/mol. The molecule has 1 aliphatic rings. The molecule has 2 atom stereocenters. The van der Waals surface area contributed by atoms with Crippen LogP contribution < -0.4 is 10.6 Å². The standard InChI is InChI=1S/C40H42N6O4/c1-23-15-27(21-46-14-12-30(22-46)40(48)49)17-35-37(23)50-39(45-35)33-9-5-7-31(25(33)3)32-8-6-10-34(26(32)4)44-38-36-29(11-13-42-38)16-28(20-43-36)19-41-18-24(2)47/h5-11,13,15-17,20,24,30,41,47H,12,14,18-19,21-22H2,1-4H3,(H,42,44)(H,48,49)/t24-,30-/m1/s1. The highest BCUT2D eigenvalue weighted by Gasteiger charge is 2.28. The number of aryl methyl sites for hydroxylation is 1. The Morgan fingerprint density at radius 3 is 2.56 bits per heavy atom. The number of aliphatic hydroxyl groups is 1. The minimum Gasteiger partial charge on any atom is -0.481 e. The summed E-state index contributed by atoms with van der Waals surface area (Å²) in [5.74, 6) is 0.239. The maximum absolute atomic E-state index is 11.4. The van der Waals surface area contributed by atoms with Gasteiger partial charge in [0, 0.05) is 55.2 Å². The van der Waals surface area contributed by atoms with Gasteiger partial charge in [-0.3, -0.25) is 14.7 Å². The molecule has 0 spiro atoms. The molecule has 4 N–H and O–H groups in total. The molecule has 10 heteroatoms. The molecule has 0 aliphatic carbocycles. The Hall–Kier alpha value is -5.16. The fraction of sp³-hybridized carbons (Fsp3) is 0.300. The minimum atomic E-state index is -0.719. The van der Waals surface area contributed by atoms with Gasteiger partial charge in [0.05, 0.1) is 12.0 Å². The van der Waals surface area contributed by atoms with Gasteiger partial charge in [-0.05, 0) is 110 Å². The number of rotatable bonds is 11. The summed E-state index contributed by atoms with van der Waals surface area (Å²) in [6.07, 6.45) is 3.91. The Morgan fingerprint density at radius 2 is 1.78 bits per heavy atom. The number of aliphatic hydroxyl groups excluding tert-OH is 1. The van der Waals surface area contributed by atoms with Crippen molar-refractivity contribution in [3.8, 4) is 22.6 Å². The van der Waals surface area contributed by atoms with Crippen LogP contribution in [0.3, 0.4) is 0 Å². The predicted octanol–water partition coefficient (Wildman–Crippen LogP) is 7.15. The van der Waals surface area contributed by atoms with Gasteiger partial charge in [0.25, 0.3) is 0 Å². The highest BCUT2D eigenvalue weighted by molar-refractivity contribution is 5.91. The third kappa shape index (κ3) is 6.82. The Bertz CT molecular complexity index is 2210. The van der Waals surface area contributed by atoms with Crippen LogP contribution in [-0.4, -0.2) is 61.8 Å². The number of nitrogens with zero attached hydrogens (tertiary/aromatic N) is 4. The summed E-state index contributed by atoms with van der Waals surface area (Å²) in [7, 11) is 0. The number of nitrogens with one attached hydrogen (secondary N) is 2. The quantitative estimate of drug-likeness (QED) is 0.112. The van der Waals surface area contributed by atoms with Crippen LogP contribution in [0.5, 0.6) is 0 Å². The Kier molecular flexibility index (Phi) is 9.33. The summed E-state index contributed by atoms with van der Waals surface area (Å²) in [6, 6.07) is 20.7. The molecule has 0 radical (unpaired) electrons. The monoisotopic (exact) mass is 670 g/mol. The van der Waals surface area contributed by atoms with Gasteiger partial charge in [-0.1, -0.05) is 30.3 Å². The number of aliphatic carboxylic acids is 1. The van der Waals surface area contributed by atoms with Crippen LogP contribution in [0, 0.1) is 26.7 Å². The van der Waals surface area contributed by atoms with Crippen molar-refractivity contribution in [2.75, 3.05) is 25.0 Å². The van der Waals surface area contributed by atoms with Gasteiger partial charge in [0.1, 0.15) is 11.0 Å². The van der Waals surface area contributed by atoms with Gasteiger partial charge in [0.2, 0.25) is 5.89 Å². The predicted molar refractivity (Wildman–Crippen MR) is 196 cm³/mol. The van der Waals surface area contributed by atoms with Crippen molar-refractivity contribution >= 4 is 39.5 Å². The Morgan fingerprint density at radius 1 is 1.00 bits per heavy atom. The lowest BCUT2D eigenvalue weighted by atomic mass is 9.93. The first-order valence-electron chi connectivity index (χ1n) is 17.1. The first-order valence-corrected chi connectivity index (χ1v) is 17.1. The summed E-state index contributed by atoms with van der Waals surface area (Å²) in [6.45, 7) is 11.2. The number of likely N-dealkylation sites (tertiary alicyclic amines) is 1. The summed E-state index contributed by atoms with van der Waals surface area (Å²) < 4.78 is 6.40. The van der Waals surface area contributed by atoms with Crippen molar-refractivity contribution < 1.29 is 19.4 Å². The second-order valence-electron chi connectivity index (χ2n) is 13.5. The average Bonchev–Trinajstić information content (AvgIpc) is 3.74. The van der Waals surface area contributed by atoms with E-state index in [4.69, 9.17) is 14.4 Å². The highest BCUT2D eigenvalue weighted by atomic mass is 16.4. The maximum Gasteiger partial charge on any atom is 0.307 e. The van der Waals surface area contributed by atoms with Gasteiger partial charge in [0.15, 0.2) is 11.4 Å². The third-order valence-electron chi connectivity index (χ3n) is 9.63. The average molecular weight is 671 g/mol. The number of pyridine rings is 2. The van der Waals surface area contributed by atoms with E-state index in [-0.39, 0.29) is 5.92 Å². The molecule has 6 aromatic rings. The molecule has 0 bridgehead atoms. The summed E-state index contributed by atoms with van der Waals surface area (Å²) in [4.78, 5) is 28.0. The molecule has 1 fully saturated rings. The molecule has 0 unspecified atom stereocenters. The molecule has 1 aliphatic heterocycles. The van der Waals surface area contributed by atoms with Crippen molar-refractivity contribution in [1.82, 2.24) is 25.2 Å². The number of carboxylic acid groups (broad SMARTS) is 1. The topological polar surface area (TPSA) is 137 Å². The number of hydrogen-bond acceptors (Lipinski definition) is 9. The molecule has 0 saturated carbocycles. The molecule has 4 heterocycles. The van der Waals surface area contributed by atoms with Gasteiger partial charge >= 0.3 is 5.97 Å². The van der Waals surface area contributed by atoms with E-state index in [0.29, 0.717) is 44.3 Å². The van der Waals surface area contributed by atoms with E-state index in [9.17, 15) is 15.0 Å². The number of carboxylic acids is 1. The fourth-order valence-corrected chi connectivity index (χ4v) is 6.98. The number of anilines is 2. The van der Waals surface area contributed by atoms with Gasteiger partial charge in [-0.2, -0.15) is 0 Å². The fourth-order valence-electron chi connectivity index (χ4n) is 6.98. The first kappa shape index (κ1) is 33.3. The van der Waals surface area contributed by atoms with Crippen LogP contribution in [0.15, 0.2) is 77.5 Å². The lowest BCUT2D eigenvalue weighted by Crippen LogP contribution is -2.23. The number of aromatic nitrogens is 3. The Labute approximate surface area is 291 Å². The molecule has 3 aromatic carbocycles. The summed E-state index contributed by atoms with van der Waals surface area (Å²) >= 11 is 0. The van der Waals surface area contributed by atoms with Crippen molar-refractivity contribution in [3.63, 3.8) is 0 Å². The second-order valence-corrected chi connectivity index (χ2v) is 13.5. The van der Waals surface area contributed by atoms with E-state index in [0.717, 1.165) is 78.7 Å². The van der Waals surface area contributed by atoms with Gasteiger partial charge in [-0.15, -0.1) is 0 Å². The van der Waals surface area contributed by atoms with Crippen molar-refractivity contribution in [2.45, 2.75) is 53.3 Å². The Balaban J connectivity index is 1.15. The first-order chi connectivity index (χ1) is 24.1. The summed E-state index contributed by atoms with van der Waals surface area (Å²) in [5.41, 5.74) is 11.7. The largest absolute Gasteiger partial charge is 0.481 e. The van der Waals surface area contributed by atoms with Crippen LogP contribution >= 0.6 is 0 Å². The zero-order chi connectivity index (χ0) is 34.9. The van der Waals surface area contributed by atoms with E-state index < -0.39 is 12.1 Å². The number of oxazole rings is 1. The molecule has 1 saturated heterocycles. The van der Waals surface area contributed by atoms with E-state index in [1.165, 1.54) is 0 Å². The van der Waals surface area contributed by atoms with Crippen molar-refractivity contribution in [3.05, 3.63) is 101 Å². The lowest BCUT2D eigenvalue weighted by Gasteiger charge is -2.16. The second kappa shape index (κ2) is 14.0. The lowest BCUT2D eigenvalue weighted by molar-refractivity contribution is -0.141. The zero-order valence-electron chi connectivity index (χ0n) is 28.8. The van der Waals surface area contributed by atoms with E-state index >= 15 is 0 Å². The molecule has 0 amide bonds. The minimum absolute atomic E-state index is 0.301. The van der Waals surface area contributed by atoms with Gasteiger partial charge < -0.3 is 25.3 Å². The van der Waals surface area contributed by atoms with E-state index in [1.807, 2.05) is 37.4 Å². The van der Waals surface area contributed by atoms with Gasteiger partial charge in [-0.25, -0.2) is 9.97 Å². The van der Waals surface area contributed by atoms with Crippen LogP contribution in [0.4, 0.5) is 11.5 Å². The third-order valence-corrected chi connectivity index (χ3v) is 9.63. The smallest absolute Gasteiger partial charge is 0.307 e.